The van der Waals surface area contributed by atoms with Crippen LogP contribution in [0.25, 0.3) is 0 Å². The van der Waals surface area contributed by atoms with E-state index in [1.54, 1.807) is 12.3 Å². The third-order valence-corrected chi connectivity index (χ3v) is 3.59. The van der Waals surface area contributed by atoms with Gasteiger partial charge in [-0.15, -0.1) is 0 Å². The average Bonchev–Trinajstić information content (AvgIpc) is 2.98. The van der Waals surface area contributed by atoms with Crippen LogP contribution in [0.15, 0.2) is 12.3 Å². The minimum Gasteiger partial charge on any atom is -0.351 e. The number of aromatic amines is 1. The standard InChI is InChI=1S/C13H23N5O/c1-2-17-8-10-18(11-9-17)7-3-5-14-13(19)12-4-6-15-16-12/h4,6H,2-3,5,7-11H2,1H3,(H,14,19)(H,15,16). The number of likely N-dealkylation sites (N-methyl/N-ethyl adjacent to an activating group) is 1. The van der Waals surface area contributed by atoms with Crippen molar-refractivity contribution in [2.75, 3.05) is 45.8 Å². The summed E-state index contributed by atoms with van der Waals surface area (Å²) in [4.78, 5) is 16.6. The van der Waals surface area contributed by atoms with Gasteiger partial charge in [-0.3, -0.25) is 9.89 Å². The normalized spacial score (nSPS) is 17.5. The number of rotatable bonds is 6. The van der Waals surface area contributed by atoms with Gasteiger partial charge in [0.2, 0.25) is 0 Å². The van der Waals surface area contributed by atoms with Crippen molar-refractivity contribution in [3.05, 3.63) is 18.0 Å². The molecule has 0 aliphatic carbocycles. The minimum absolute atomic E-state index is 0.0756. The molecule has 1 aromatic rings. The molecule has 1 fully saturated rings. The highest BCUT2D eigenvalue weighted by atomic mass is 16.1. The van der Waals surface area contributed by atoms with Crippen LogP contribution in [0.3, 0.4) is 0 Å². The molecule has 1 aliphatic heterocycles. The van der Waals surface area contributed by atoms with Gasteiger partial charge in [-0.1, -0.05) is 6.92 Å². The monoisotopic (exact) mass is 265 g/mol. The van der Waals surface area contributed by atoms with Gasteiger partial charge in [0.05, 0.1) is 0 Å². The van der Waals surface area contributed by atoms with Crippen LogP contribution in [0.2, 0.25) is 0 Å². The Morgan fingerprint density at radius 1 is 1.37 bits per heavy atom. The Morgan fingerprint density at radius 2 is 2.11 bits per heavy atom. The van der Waals surface area contributed by atoms with Crippen molar-refractivity contribution in [1.82, 2.24) is 25.3 Å². The predicted octanol–water partition coefficient (Wildman–Crippen LogP) is 0.167. The molecule has 6 heteroatoms. The highest BCUT2D eigenvalue weighted by molar-refractivity contribution is 5.91. The van der Waals surface area contributed by atoms with Gasteiger partial charge in [0.25, 0.3) is 5.91 Å². The molecule has 0 atom stereocenters. The van der Waals surface area contributed by atoms with Gasteiger partial charge in [0, 0.05) is 38.9 Å². The summed E-state index contributed by atoms with van der Waals surface area (Å²) in [6.45, 7) is 9.74. The zero-order chi connectivity index (χ0) is 13.5. The van der Waals surface area contributed by atoms with E-state index in [1.165, 1.54) is 0 Å². The van der Waals surface area contributed by atoms with E-state index < -0.39 is 0 Å². The van der Waals surface area contributed by atoms with Gasteiger partial charge < -0.3 is 15.1 Å². The van der Waals surface area contributed by atoms with Crippen LogP contribution in [0, 0.1) is 0 Å². The minimum atomic E-state index is -0.0756. The van der Waals surface area contributed by atoms with E-state index in [9.17, 15) is 4.79 Å². The Labute approximate surface area is 114 Å². The summed E-state index contributed by atoms with van der Waals surface area (Å²) in [5.41, 5.74) is 0.525. The summed E-state index contributed by atoms with van der Waals surface area (Å²) in [5.74, 6) is -0.0756. The molecule has 1 aliphatic rings. The Bertz CT molecular complexity index is 370. The first-order chi connectivity index (χ1) is 9.29. The summed E-state index contributed by atoms with van der Waals surface area (Å²) in [7, 11) is 0. The number of carbonyl (C=O) groups is 1. The van der Waals surface area contributed by atoms with Crippen LogP contribution in [-0.2, 0) is 0 Å². The lowest BCUT2D eigenvalue weighted by Crippen LogP contribution is -2.46. The summed E-state index contributed by atoms with van der Waals surface area (Å²) in [6, 6.07) is 1.68. The van der Waals surface area contributed by atoms with Crippen molar-refractivity contribution in [3.63, 3.8) is 0 Å². The number of nitrogens with one attached hydrogen (secondary N) is 2. The maximum Gasteiger partial charge on any atom is 0.269 e. The van der Waals surface area contributed by atoms with Crippen LogP contribution >= 0.6 is 0 Å². The molecule has 0 radical (unpaired) electrons. The second kappa shape index (κ2) is 7.25. The molecule has 2 heterocycles. The van der Waals surface area contributed by atoms with Crippen molar-refractivity contribution in [2.45, 2.75) is 13.3 Å². The van der Waals surface area contributed by atoms with Gasteiger partial charge in [0.1, 0.15) is 5.69 Å². The van der Waals surface area contributed by atoms with Gasteiger partial charge in [-0.05, 0) is 25.6 Å². The fourth-order valence-corrected chi connectivity index (χ4v) is 2.31. The Balaban J connectivity index is 1.56. The van der Waals surface area contributed by atoms with E-state index in [-0.39, 0.29) is 5.91 Å². The number of aromatic nitrogens is 2. The van der Waals surface area contributed by atoms with E-state index in [2.05, 4.69) is 32.2 Å². The number of hydrogen-bond donors (Lipinski definition) is 2. The van der Waals surface area contributed by atoms with E-state index in [1.807, 2.05) is 0 Å². The largest absolute Gasteiger partial charge is 0.351 e. The third kappa shape index (κ3) is 4.33. The van der Waals surface area contributed by atoms with E-state index in [0.29, 0.717) is 12.2 Å². The molecule has 2 N–H and O–H groups in total. The fourth-order valence-electron chi connectivity index (χ4n) is 2.31. The second-order valence-corrected chi connectivity index (χ2v) is 4.86. The SMILES string of the molecule is CCN1CCN(CCCNC(=O)c2ccn[nH]2)CC1. The Morgan fingerprint density at radius 3 is 2.74 bits per heavy atom. The van der Waals surface area contributed by atoms with Crippen molar-refractivity contribution in [2.24, 2.45) is 0 Å². The van der Waals surface area contributed by atoms with E-state index in [4.69, 9.17) is 0 Å². The zero-order valence-electron chi connectivity index (χ0n) is 11.6. The quantitative estimate of drug-likeness (QED) is 0.720. The molecule has 0 saturated carbocycles. The molecule has 0 bridgehead atoms. The summed E-state index contributed by atoms with van der Waals surface area (Å²) in [6.07, 6.45) is 2.58. The molecule has 19 heavy (non-hydrogen) atoms. The number of carbonyl (C=O) groups excluding carboxylic acids is 1. The van der Waals surface area contributed by atoms with Crippen molar-refractivity contribution in [1.29, 1.82) is 0 Å². The van der Waals surface area contributed by atoms with Crippen molar-refractivity contribution < 1.29 is 4.79 Å². The van der Waals surface area contributed by atoms with Crippen LogP contribution in [0.4, 0.5) is 0 Å². The smallest absolute Gasteiger partial charge is 0.269 e. The lowest BCUT2D eigenvalue weighted by Gasteiger charge is -2.33. The Hall–Kier alpha value is -1.40. The summed E-state index contributed by atoms with van der Waals surface area (Å²) >= 11 is 0. The van der Waals surface area contributed by atoms with Gasteiger partial charge in [-0.2, -0.15) is 5.10 Å². The predicted molar refractivity (Wildman–Crippen MR) is 74.1 cm³/mol. The third-order valence-electron chi connectivity index (χ3n) is 3.59. The first-order valence-corrected chi connectivity index (χ1v) is 7.02. The average molecular weight is 265 g/mol. The Kier molecular flexibility index (Phi) is 5.35. The first-order valence-electron chi connectivity index (χ1n) is 7.02. The zero-order valence-corrected chi connectivity index (χ0v) is 11.6. The highest BCUT2D eigenvalue weighted by Crippen LogP contribution is 2.01. The molecular weight excluding hydrogens is 242 g/mol. The second-order valence-electron chi connectivity index (χ2n) is 4.86. The number of nitrogens with zero attached hydrogens (tertiary/aromatic N) is 3. The molecule has 1 aromatic heterocycles. The lowest BCUT2D eigenvalue weighted by atomic mass is 10.3. The topological polar surface area (TPSA) is 64.3 Å². The van der Waals surface area contributed by atoms with Crippen LogP contribution in [0.1, 0.15) is 23.8 Å². The molecule has 2 rings (SSSR count). The van der Waals surface area contributed by atoms with E-state index >= 15 is 0 Å². The maximum atomic E-state index is 11.6. The van der Waals surface area contributed by atoms with Crippen LogP contribution in [0.5, 0.6) is 0 Å². The van der Waals surface area contributed by atoms with E-state index in [0.717, 1.165) is 45.7 Å². The summed E-state index contributed by atoms with van der Waals surface area (Å²) in [5, 5.41) is 9.32. The molecular formula is C13H23N5O. The molecule has 0 spiro atoms. The molecule has 0 unspecified atom stereocenters. The maximum absolute atomic E-state index is 11.6. The number of hydrogen-bond acceptors (Lipinski definition) is 4. The van der Waals surface area contributed by atoms with Gasteiger partial charge >= 0.3 is 0 Å². The molecule has 0 aromatic carbocycles. The number of H-pyrrole nitrogens is 1. The molecule has 1 saturated heterocycles. The van der Waals surface area contributed by atoms with Gasteiger partial charge in [0.15, 0.2) is 0 Å². The summed E-state index contributed by atoms with van der Waals surface area (Å²) < 4.78 is 0. The highest BCUT2D eigenvalue weighted by Gasteiger charge is 2.14. The molecule has 1 amide bonds. The number of piperazine rings is 1. The number of amides is 1. The lowest BCUT2D eigenvalue weighted by molar-refractivity contribution is 0.0943. The van der Waals surface area contributed by atoms with Crippen LogP contribution < -0.4 is 5.32 Å². The van der Waals surface area contributed by atoms with Crippen molar-refractivity contribution in [3.8, 4) is 0 Å². The van der Waals surface area contributed by atoms with Crippen molar-refractivity contribution >= 4 is 5.91 Å². The molecule has 106 valence electrons. The fraction of sp³-hybridized carbons (Fsp3) is 0.692. The first kappa shape index (κ1) is 14.0. The molecule has 6 nitrogen and oxygen atoms in total. The van der Waals surface area contributed by atoms with Crippen LogP contribution in [-0.4, -0.2) is 71.7 Å². The van der Waals surface area contributed by atoms with Gasteiger partial charge in [-0.25, -0.2) is 0 Å².